The van der Waals surface area contributed by atoms with E-state index < -0.39 is 0 Å². The summed E-state index contributed by atoms with van der Waals surface area (Å²) in [5.41, 5.74) is 1.30. The summed E-state index contributed by atoms with van der Waals surface area (Å²) in [6.07, 6.45) is 4.93. The van der Waals surface area contributed by atoms with Crippen LogP contribution in [0, 0.1) is 0 Å². The van der Waals surface area contributed by atoms with Crippen molar-refractivity contribution in [2.75, 3.05) is 51.7 Å². The van der Waals surface area contributed by atoms with Crippen molar-refractivity contribution in [2.45, 2.75) is 13.0 Å². The molecule has 5 nitrogen and oxygen atoms in total. The van der Waals surface area contributed by atoms with Crippen LogP contribution in [0.4, 0.5) is 0 Å². The first kappa shape index (κ1) is 15.8. The fraction of sp³-hybridized carbons (Fsp3) is 0.625. The van der Waals surface area contributed by atoms with E-state index in [-0.39, 0.29) is 0 Å². The molecule has 0 radical (unpaired) electrons. The summed E-state index contributed by atoms with van der Waals surface area (Å²) in [6.45, 7) is 7.79. The van der Waals surface area contributed by atoms with Gasteiger partial charge in [0.25, 0.3) is 0 Å². The molecule has 0 unspecified atom stereocenters. The number of hydrogen-bond donors (Lipinski definition) is 0. The van der Waals surface area contributed by atoms with E-state index >= 15 is 0 Å². The molecule has 6 heteroatoms. The van der Waals surface area contributed by atoms with Gasteiger partial charge in [0.1, 0.15) is 0 Å². The van der Waals surface area contributed by atoms with Crippen LogP contribution in [0.5, 0.6) is 0 Å². The van der Waals surface area contributed by atoms with Gasteiger partial charge in [0, 0.05) is 57.4 Å². The van der Waals surface area contributed by atoms with Crippen molar-refractivity contribution in [1.82, 2.24) is 14.8 Å². The van der Waals surface area contributed by atoms with Crippen LogP contribution in [-0.2, 0) is 11.3 Å². The van der Waals surface area contributed by atoms with Crippen molar-refractivity contribution >= 4 is 16.9 Å². The van der Waals surface area contributed by atoms with Gasteiger partial charge in [-0.25, -0.2) is 0 Å². The van der Waals surface area contributed by atoms with Crippen molar-refractivity contribution < 1.29 is 4.74 Å². The fourth-order valence-corrected chi connectivity index (χ4v) is 3.65. The number of rotatable bonds is 5. The molecule has 1 fully saturated rings. The molecule has 0 aromatic carbocycles. The summed E-state index contributed by atoms with van der Waals surface area (Å²) in [7, 11) is 0. The number of nitrogens with zero attached hydrogens (tertiary/aromatic N) is 4. The van der Waals surface area contributed by atoms with Crippen molar-refractivity contribution in [2.24, 2.45) is 4.99 Å². The van der Waals surface area contributed by atoms with Gasteiger partial charge >= 0.3 is 0 Å². The number of aliphatic imine (C=N–C) groups is 1. The first-order valence-electron chi connectivity index (χ1n) is 8.03. The van der Waals surface area contributed by atoms with E-state index in [1.54, 1.807) is 0 Å². The standard InChI is InChI=1S/C16H24N4OS/c1-4-18-16(22-13-1)20(14-15-2-5-17-6-3-15)8-7-19-9-11-21-12-10-19/h2-3,5-6H,1,4,7-14H2. The molecule has 3 rings (SSSR count). The Morgan fingerprint density at radius 3 is 2.77 bits per heavy atom. The minimum Gasteiger partial charge on any atom is -0.379 e. The molecule has 1 aromatic heterocycles. The summed E-state index contributed by atoms with van der Waals surface area (Å²) < 4.78 is 5.43. The van der Waals surface area contributed by atoms with Crippen LogP contribution in [0.1, 0.15) is 12.0 Å². The van der Waals surface area contributed by atoms with Crippen molar-refractivity contribution in [1.29, 1.82) is 0 Å². The van der Waals surface area contributed by atoms with Crippen LogP contribution in [0.3, 0.4) is 0 Å². The van der Waals surface area contributed by atoms with Crippen molar-refractivity contribution in [3.8, 4) is 0 Å². The molecule has 0 saturated carbocycles. The quantitative estimate of drug-likeness (QED) is 0.826. The summed E-state index contributed by atoms with van der Waals surface area (Å²) in [5, 5.41) is 1.20. The molecule has 0 bridgehead atoms. The molecular formula is C16H24N4OS. The number of amidine groups is 1. The lowest BCUT2D eigenvalue weighted by Crippen LogP contribution is -2.42. The zero-order chi connectivity index (χ0) is 15.0. The lowest BCUT2D eigenvalue weighted by molar-refractivity contribution is 0.0358. The van der Waals surface area contributed by atoms with E-state index in [2.05, 4.69) is 26.9 Å². The Hall–Kier alpha value is -1.11. The molecule has 22 heavy (non-hydrogen) atoms. The highest BCUT2D eigenvalue weighted by Crippen LogP contribution is 2.18. The predicted octanol–water partition coefficient (Wildman–Crippen LogP) is 1.71. The second-order valence-corrected chi connectivity index (χ2v) is 6.66. The maximum absolute atomic E-state index is 5.43. The Morgan fingerprint density at radius 1 is 1.23 bits per heavy atom. The lowest BCUT2D eigenvalue weighted by atomic mass is 10.2. The van der Waals surface area contributed by atoms with E-state index in [0.717, 1.165) is 52.5 Å². The third-order valence-corrected chi connectivity index (χ3v) is 5.10. The third-order valence-electron chi connectivity index (χ3n) is 3.96. The minimum absolute atomic E-state index is 0.861. The van der Waals surface area contributed by atoms with Crippen LogP contribution in [0.15, 0.2) is 29.5 Å². The zero-order valence-electron chi connectivity index (χ0n) is 13.0. The molecule has 0 atom stereocenters. The molecule has 120 valence electrons. The van der Waals surface area contributed by atoms with E-state index in [4.69, 9.17) is 9.73 Å². The maximum atomic E-state index is 5.43. The van der Waals surface area contributed by atoms with Crippen LogP contribution in [0.2, 0.25) is 0 Å². The van der Waals surface area contributed by atoms with Crippen LogP contribution in [-0.4, -0.2) is 71.6 Å². The Morgan fingerprint density at radius 2 is 2.05 bits per heavy atom. The Bertz CT molecular complexity index is 476. The second kappa shape index (κ2) is 8.50. The summed E-state index contributed by atoms with van der Waals surface area (Å²) >= 11 is 1.89. The summed E-state index contributed by atoms with van der Waals surface area (Å²) in [5.74, 6) is 1.18. The lowest BCUT2D eigenvalue weighted by Gasteiger charge is -2.32. The van der Waals surface area contributed by atoms with Crippen LogP contribution in [0.25, 0.3) is 0 Å². The number of ether oxygens (including phenoxy) is 1. The number of hydrogen-bond acceptors (Lipinski definition) is 6. The average molecular weight is 320 g/mol. The molecule has 1 aromatic rings. The molecule has 3 heterocycles. The highest BCUT2D eigenvalue weighted by Gasteiger charge is 2.17. The molecule has 2 aliphatic heterocycles. The van der Waals surface area contributed by atoms with Crippen molar-refractivity contribution in [3.63, 3.8) is 0 Å². The number of morpholine rings is 1. The van der Waals surface area contributed by atoms with Gasteiger partial charge in [-0.1, -0.05) is 11.8 Å². The first-order valence-corrected chi connectivity index (χ1v) is 9.01. The Kier molecular flexibility index (Phi) is 6.10. The van der Waals surface area contributed by atoms with Gasteiger partial charge in [-0.05, 0) is 24.1 Å². The van der Waals surface area contributed by atoms with Crippen LogP contribution < -0.4 is 0 Å². The Balaban J connectivity index is 1.61. The predicted molar refractivity (Wildman–Crippen MR) is 91.3 cm³/mol. The van der Waals surface area contributed by atoms with Gasteiger partial charge in [0.15, 0.2) is 5.17 Å². The van der Waals surface area contributed by atoms with E-state index in [9.17, 15) is 0 Å². The molecule has 2 aliphatic rings. The van der Waals surface area contributed by atoms with Gasteiger partial charge < -0.3 is 9.64 Å². The topological polar surface area (TPSA) is 41.0 Å². The molecule has 1 saturated heterocycles. The fourth-order valence-electron chi connectivity index (χ4n) is 2.68. The molecule has 0 N–H and O–H groups in total. The molecular weight excluding hydrogens is 296 g/mol. The molecule has 0 amide bonds. The monoisotopic (exact) mass is 320 g/mol. The highest BCUT2D eigenvalue weighted by molar-refractivity contribution is 8.13. The van der Waals surface area contributed by atoms with Crippen LogP contribution >= 0.6 is 11.8 Å². The summed E-state index contributed by atoms with van der Waals surface area (Å²) in [4.78, 5) is 13.8. The third kappa shape index (κ3) is 4.69. The molecule has 0 spiro atoms. The van der Waals surface area contributed by atoms with E-state index in [0.29, 0.717) is 0 Å². The highest BCUT2D eigenvalue weighted by atomic mass is 32.2. The van der Waals surface area contributed by atoms with E-state index in [1.165, 1.54) is 22.9 Å². The number of pyridine rings is 1. The van der Waals surface area contributed by atoms with Gasteiger partial charge in [-0.3, -0.25) is 14.9 Å². The number of aromatic nitrogens is 1. The maximum Gasteiger partial charge on any atom is 0.159 e. The van der Waals surface area contributed by atoms with E-state index in [1.807, 2.05) is 24.2 Å². The SMILES string of the molecule is c1cc(CN(CCN2CCOCC2)C2=NCCCS2)ccn1. The molecule has 0 aliphatic carbocycles. The van der Waals surface area contributed by atoms with Gasteiger partial charge in [0.2, 0.25) is 0 Å². The van der Waals surface area contributed by atoms with Gasteiger partial charge in [-0.15, -0.1) is 0 Å². The average Bonchev–Trinajstić information content (AvgIpc) is 2.61. The Labute approximate surface area is 136 Å². The minimum atomic E-state index is 0.861. The first-order chi connectivity index (χ1) is 10.9. The smallest absolute Gasteiger partial charge is 0.159 e. The normalized spacial score (nSPS) is 19.7. The number of thioether (sulfide) groups is 1. The summed E-state index contributed by atoms with van der Waals surface area (Å²) in [6, 6.07) is 4.19. The zero-order valence-corrected chi connectivity index (χ0v) is 13.8. The second-order valence-electron chi connectivity index (χ2n) is 5.60. The van der Waals surface area contributed by atoms with Gasteiger partial charge in [0.05, 0.1) is 13.2 Å². The largest absolute Gasteiger partial charge is 0.379 e. The van der Waals surface area contributed by atoms with Gasteiger partial charge in [-0.2, -0.15) is 0 Å². The van der Waals surface area contributed by atoms with Crippen molar-refractivity contribution in [3.05, 3.63) is 30.1 Å².